The summed E-state index contributed by atoms with van der Waals surface area (Å²) in [5, 5.41) is 0. The molecule has 0 heterocycles. The van der Waals surface area contributed by atoms with Gasteiger partial charge in [0.1, 0.15) is 0 Å². The van der Waals surface area contributed by atoms with Crippen LogP contribution in [-0.2, 0) is 12.8 Å². The van der Waals surface area contributed by atoms with E-state index in [4.69, 9.17) is 0 Å². The summed E-state index contributed by atoms with van der Waals surface area (Å²) in [4.78, 5) is 0. The summed E-state index contributed by atoms with van der Waals surface area (Å²) in [5.41, 5.74) is 2.97. The quantitative estimate of drug-likeness (QED) is 0.532. The third kappa shape index (κ3) is 4.57. The van der Waals surface area contributed by atoms with Crippen molar-refractivity contribution >= 4 is 9.52 Å². The van der Waals surface area contributed by atoms with E-state index in [1.807, 2.05) is 0 Å². The van der Waals surface area contributed by atoms with Gasteiger partial charge >= 0.3 is 0 Å². The minimum Gasteiger partial charge on any atom is -0.0622 e. The Balaban J connectivity index is 1.61. The fraction of sp³-hybridized carbons (Fsp3) is 0.250. The molecule has 0 bridgehead atoms. The average Bonchev–Trinajstić information content (AvgIpc) is 2.41. The zero-order valence-corrected chi connectivity index (χ0v) is 11.3. The first-order chi connectivity index (χ1) is 8.45. The molecule has 0 aliphatic heterocycles. The predicted molar refractivity (Wildman–Crippen MR) is 77.1 cm³/mol. The molecule has 0 atom stereocenters. The lowest BCUT2D eigenvalue weighted by Crippen LogP contribution is -1.95. The van der Waals surface area contributed by atoms with Crippen molar-refractivity contribution in [3.63, 3.8) is 0 Å². The van der Waals surface area contributed by atoms with Crippen LogP contribution in [0.15, 0.2) is 60.7 Å². The molecular formula is C16H19Si. The second-order valence-electron chi connectivity index (χ2n) is 4.34. The first-order valence-electron chi connectivity index (χ1n) is 6.34. The summed E-state index contributed by atoms with van der Waals surface area (Å²) in [5.74, 6) is 0. The predicted octanol–water partition coefficient (Wildman–Crippen LogP) is 3.74. The molecule has 1 radical (unpaired) electrons. The first kappa shape index (κ1) is 12.1. The van der Waals surface area contributed by atoms with Crippen molar-refractivity contribution < 1.29 is 0 Å². The fourth-order valence-electron chi connectivity index (χ4n) is 1.97. The average molecular weight is 239 g/mol. The second-order valence-corrected chi connectivity index (χ2v) is 6.07. The summed E-state index contributed by atoms with van der Waals surface area (Å²) in [7, 11) is 0.603. The van der Waals surface area contributed by atoms with E-state index in [0.29, 0.717) is 9.52 Å². The van der Waals surface area contributed by atoms with Gasteiger partial charge in [-0.2, -0.15) is 0 Å². The van der Waals surface area contributed by atoms with Crippen molar-refractivity contribution in [2.24, 2.45) is 0 Å². The monoisotopic (exact) mass is 239 g/mol. The number of benzene rings is 2. The molecule has 0 aliphatic carbocycles. The van der Waals surface area contributed by atoms with Crippen molar-refractivity contribution in [3.8, 4) is 0 Å². The molecule has 2 aromatic rings. The van der Waals surface area contributed by atoms with E-state index in [9.17, 15) is 0 Å². The Morgan fingerprint density at radius 1 is 0.588 bits per heavy atom. The fourth-order valence-corrected chi connectivity index (χ4v) is 3.33. The molecule has 0 fully saturated rings. The topological polar surface area (TPSA) is 0 Å². The molecule has 0 amide bonds. The molecule has 2 aromatic carbocycles. The van der Waals surface area contributed by atoms with Gasteiger partial charge in [0.15, 0.2) is 0 Å². The van der Waals surface area contributed by atoms with Crippen LogP contribution in [0.1, 0.15) is 11.1 Å². The summed E-state index contributed by atoms with van der Waals surface area (Å²) >= 11 is 0. The van der Waals surface area contributed by atoms with Gasteiger partial charge in [-0.15, -0.1) is 0 Å². The van der Waals surface area contributed by atoms with Gasteiger partial charge in [-0.3, -0.25) is 0 Å². The molecule has 0 aromatic heterocycles. The van der Waals surface area contributed by atoms with Crippen molar-refractivity contribution in [2.45, 2.75) is 24.9 Å². The number of aryl methyl sites for hydroxylation is 2. The molecule has 1 heteroatoms. The van der Waals surface area contributed by atoms with Crippen LogP contribution in [0, 0.1) is 0 Å². The lowest BCUT2D eigenvalue weighted by atomic mass is 10.2. The van der Waals surface area contributed by atoms with Gasteiger partial charge in [-0.1, -0.05) is 72.8 Å². The number of hydrogen-bond acceptors (Lipinski definition) is 0. The summed E-state index contributed by atoms with van der Waals surface area (Å²) < 4.78 is 0. The first-order valence-corrected chi connectivity index (χ1v) is 7.98. The Hall–Kier alpha value is -1.34. The second kappa shape index (κ2) is 7.07. The van der Waals surface area contributed by atoms with Crippen molar-refractivity contribution in [3.05, 3.63) is 71.8 Å². The molecule has 0 N–H and O–H groups in total. The molecule has 17 heavy (non-hydrogen) atoms. The van der Waals surface area contributed by atoms with Gasteiger partial charge in [0, 0.05) is 9.52 Å². The molecule has 0 saturated carbocycles. The van der Waals surface area contributed by atoms with Crippen molar-refractivity contribution in [1.82, 2.24) is 0 Å². The molecule has 0 nitrogen and oxygen atoms in total. The maximum absolute atomic E-state index is 2.23. The van der Waals surface area contributed by atoms with E-state index >= 15 is 0 Å². The lowest BCUT2D eigenvalue weighted by molar-refractivity contribution is 1.07. The van der Waals surface area contributed by atoms with Gasteiger partial charge in [-0.05, 0) is 24.0 Å². The normalized spacial score (nSPS) is 10.4. The maximum atomic E-state index is 2.23. The minimum atomic E-state index is 0.603. The smallest absolute Gasteiger partial charge is 0.0286 e. The Morgan fingerprint density at radius 3 is 1.41 bits per heavy atom. The van der Waals surface area contributed by atoms with Crippen molar-refractivity contribution in [2.75, 3.05) is 0 Å². The summed E-state index contributed by atoms with van der Waals surface area (Å²) in [6.07, 6.45) is 2.51. The van der Waals surface area contributed by atoms with E-state index in [-0.39, 0.29) is 0 Å². The van der Waals surface area contributed by atoms with Crippen LogP contribution in [0.3, 0.4) is 0 Å². The molecule has 0 unspecified atom stereocenters. The third-order valence-corrected chi connectivity index (χ3v) is 4.35. The van der Waals surface area contributed by atoms with E-state index < -0.39 is 0 Å². The Labute approximate surface area is 107 Å². The van der Waals surface area contributed by atoms with Gasteiger partial charge in [0.25, 0.3) is 0 Å². The standard InChI is InChI=1S/C16H19Si/c1-3-7-15(8-4-1)11-13-17-14-12-16-9-5-2-6-10-16/h1-10,17H,11-14H2. The van der Waals surface area contributed by atoms with Crippen LogP contribution in [-0.4, -0.2) is 9.52 Å². The highest BCUT2D eigenvalue weighted by atomic mass is 28.2. The highest BCUT2D eigenvalue weighted by molar-refractivity contribution is 6.35. The van der Waals surface area contributed by atoms with E-state index in [0.717, 1.165) is 0 Å². The lowest BCUT2D eigenvalue weighted by Gasteiger charge is -2.01. The number of rotatable bonds is 6. The Kier molecular flexibility index (Phi) is 5.05. The van der Waals surface area contributed by atoms with E-state index in [1.165, 1.54) is 36.1 Å². The van der Waals surface area contributed by atoms with Crippen LogP contribution in [0.25, 0.3) is 0 Å². The SMILES string of the molecule is c1ccc(CC[SiH]CCc2ccccc2)cc1. The van der Waals surface area contributed by atoms with Gasteiger partial charge in [-0.25, -0.2) is 0 Å². The summed E-state index contributed by atoms with van der Waals surface area (Å²) in [6.45, 7) is 0. The zero-order valence-electron chi connectivity index (χ0n) is 10.2. The third-order valence-electron chi connectivity index (χ3n) is 2.96. The molecule has 0 spiro atoms. The highest BCUT2D eigenvalue weighted by Crippen LogP contribution is 2.06. The van der Waals surface area contributed by atoms with Gasteiger partial charge < -0.3 is 0 Å². The largest absolute Gasteiger partial charge is 0.0622 e. The summed E-state index contributed by atoms with van der Waals surface area (Å²) in [6, 6.07) is 24.4. The maximum Gasteiger partial charge on any atom is 0.0286 e. The van der Waals surface area contributed by atoms with Crippen molar-refractivity contribution in [1.29, 1.82) is 0 Å². The molecular weight excluding hydrogens is 220 g/mol. The van der Waals surface area contributed by atoms with Crippen LogP contribution in [0.5, 0.6) is 0 Å². The molecule has 2 rings (SSSR count). The number of hydrogen-bond donors (Lipinski definition) is 0. The highest BCUT2D eigenvalue weighted by Gasteiger charge is 1.95. The zero-order chi connectivity index (χ0) is 11.8. The van der Waals surface area contributed by atoms with Crippen LogP contribution in [0.4, 0.5) is 0 Å². The van der Waals surface area contributed by atoms with Crippen LogP contribution < -0.4 is 0 Å². The molecule has 0 aliphatic rings. The van der Waals surface area contributed by atoms with E-state index in [1.54, 1.807) is 0 Å². The Morgan fingerprint density at radius 2 is 1.00 bits per heavy atom. The van der Waals surface area contributed by atoms with Gasteiger partial charge in [0.05, 0.1) is 0 Å². The van der Waals surface area contributed by atoms with Crippen LogP contribution in [0.2, 0.25) is 12.1 Å². The Bertz CT molecular complexity index is 367. The molecule has 87 valence electrons. The van der Waals surface area contributed by atoms with Gasteiger partial charge in [0.2, 0.25) is 0 Å². The van der Waals surface area contributed by atoms with Crippen LogP contribution >= 0.6 is 0 Å². The molecule has 0 saturated heterocycles. The minimum absolute atomic E-state index is 0.603. The van der Waals surface area contributed by atoms with E-state index in [2.05, 4.69) is 60.7 Å².